The molecule has 19 heavy (non-hydrogen) atoms. The van der Waals surface area contributed by atoms with E-state index in [1.165, 1.54) is 0 Å². The minimum Gasteiger partial charge on any atom is -0.488 e. The molecule has 0 fully saturated rings. The van der Waals surface area contributed by atoms with E-state index in [4.69, 9.17) is 27.5 Å². The van der Waals surface area contributed by atoms with Crippen molar-refractivity contribution in [1.29, 1.82) is 5.41 Å². The zero-order valence-electron chi connectivity index (χ0n) is 9.99. The van der Waals surface area contributed by atoms with Crippen molar-refractivity contribution in [2.45, 2.75) is 6.61 Å². The van der Waals surface area contributed by atoms with Gasteiger partial charge >= 0.3 is 0 Å². The van der Waals surface area contributed by atoms with Gasteiger partial charge in [-0.05, 0) is 34.1 Å². The first-order chi connectivity index (χ1) is 9.08. The first-order valence-electron chi connectivity index (χ1n) is 5.58. The molecule has 3 N–H and O–H groups in total. The molecule has 0 saturated carbocycles. The normalized spacial score (nSPS) is 10.2. The Bertz CT molecular complexity index is 616. The number of nitrogens with one attached hydrogen (secondary N) is 1. The van der Waals surface area contributed by atoms with Crippen LogP contribution in [0.5, 0.6) is 5.75 Å². The second-order valence-corrected chi connectivity index (χ2v) is 5.23. The van der Waals surface area contributed by atoms with Crippen LogP contribution in [0.15, 0.2) is 46.9 Å². The lowest BCUT2D eigenvalue weighted by Crippen LogP contribution is -2.14. The van der Waals surface area contributed by atoms with E-state index in [2.05, 4.69) is 15.9 Å². The zero-order valence-corrected chi connectivity index (χ0v) is 12.3. The highest BCUT2D eigenvalue weighted by atomic mass is 79.9. The summed E-state index contributed by atoms with van der Waals surface area (Å²) in [6, 6.07) is 12.8. The minimum atomic E-state index is 0.0365. The van der Waals surface area contributed by atoms with Crippen molar-refractivity contribution in [1.82, 2.24) is 0 Å². The Balaban J connectivity index is 2.17. The topological polar surface area (TPSA) is 59.1 Å². The van der Waals surface area contributed by atoms with Gasteiger partial charge in [0.05, 0.1) is 4.47 Å². The molecule has 5 heteroatoms. The number of rotatable bonds is 4. The van der Waals surface area contributed by atoms with E-state index in [1.54, 1.807) is 24.3 Å². The van der Waals surface area contributed by atoms with Crippen molar-refractivity contribution in [3.63, 3.8) is 0 Å². The summed E-state index contributed by atoms with van der Waals surface area (Å²) in [5.74, 6) is 0.733. The average molecular weight is 340 g/mol. The highest BCUT2D eigenvalue weighted by Crippen LogP contribution is 2.28. The zero-order chi connectivity index (χ0) is 13.8. The fourth-order valence-electron chi connectivity index (χ4n) is 1.66. The largest absolute Gasteiger partial charge is 0.488 e. The highest BCUT2D eigenvalue weighted by molar-refractivity contribution is 9.10. The Morgan fingerprint density at radius 2 is 2.00 bits per heavy atom. The van der Waals surface area contributed by atoms with Crippen LogP contribution in [0.2, 0.25) is 5.02 Å². The summed E-state index contributed by atoms with van der Waals surface area (Å²) in [4.78, 5) is 0. The number of ether oxygens (including phenoxy) is 1. The predicted molar refractivity (Wildman–Crippen MR) is 80.9 cm³/mol. The number of halogens is 2. The van der Waals surface area contributed by atoms with Gasteiger partial charge < -0.3 is 10.5 Å². The Morgan fingerprint density at radius 1 is 1.26 bits per heavy atom. The van der Waals surface area contributed by atoms with E-state index in [1.807, 2.05) is 18.2 Å². The van der Waals surface area contributed by atoms with Crippen LogP contribution in [0.4, 0.5) is 0 Å². The number of amidine groups is 1. The van der Waals surface area contributed by atoms with Gasteiger partial charge in [-0.1, -0.05) is 35.9 Å². The maximum atomic E-state index is 7.53. The Kier molecular flexibility index (Phi) is 4.45. The smallest absolute Gasteiger partial charge is 0.134 e. The van der Waals surface area contributed by atoms with E-state index in [0.717, 1.165) is 10.0 Å². The molecule has 0 unspecified atom stereocenters. The molecule has 0 saturated heterocycles. The Morgan fingerprint density at radius 3 is 2.68 bits per heavy atom. The highest BCUT2D eigenvalue weighted by Gasteiger charge is 2.07. The van der Waals surface area contributed by atoms with E-state index >= 15 is 0 Å². The van der Waals surface area contributed by atoms with Crippen LogP contribution < -0.4 is 10.5 Å². The van der Waals surface area contributed by atoms with Crippen LogP contribution in [0.25, 0.3) is 0 Å². The number of hydrogen-bond donors (Lipinski definition) is 2. The van der Waals surface area contributed by atoms with Gasteiger partial charge in [0.25, 0.3) is 0 Å². The molecule has 3 nitrogen and oxygen atoms in total. The van der Waals surface area contributed by atoms with Gasteiger partial charge in [-0.3, -0.25) is 5.41 Å². The molecule has 0 amide bonds. The van der Waals surface area contributed by atoms with Gasteiger partial charge in [0.2, 0.25) is 0 Å². The van der Waals surface area contributed by atoms with Crippen molar-refractivity contribution in [2.24, 2.45) is 5.73 Å². The number of nitrogen functional groups attached to an aromatic ring is 1. The van der Waals surface area contributed by atoms with Crippen molar-refractivity contribution in [3.05, 3.63) is 63.1 Å². The van der Waals surface area contributed by atoms with Crippen LogP contribution in [-0.4, -0.2) is 5.84 Å². The van der Waals surface area contributed by atoms with Crippen molar-refractivity contribution >= 4 is 33.4 Å². The summed E-state index contributed by atoms with van der Waals surface area (Å²) in [5, 5.41) is 8.17. The van der Waals surface area contributed by atoms with Gasteiger partial charge in [-0.2, -0.15) is 0 Å². The summed E-state index contributed by atoms with van der Waals surface area (Å²) in [7, 11) is 0. The fourth-order valence-corrected chi connectivity index (χ4v) is 2.45. The molecule has 0 radical (unpaired) electrons. The lowest BCUT2D eigenvalue weighted by atomic mass is 10.1. The van der Waals surface area contributed by atoms with Crippen LogP contribution >= 0.6 is 27.5 Å². The van der Waals surface area contributed by atoms with Crippen LogP contribution in [-0.2, 0) is 6.61 Å². The molecular weight excluding hydrogens is 328 g/mol. The summed E-state index contributed by atoms with van der Waals surface area (Å²) in [6.45, 7) is 0.343. The van der Waals surface area contributed by atoms with Crippen LogP contribution in [0.1, 0.15) is 11.1 Å². The third-order valence-corrected chi connectivity index (χ3v) is 3.44. The Labute approximate surface area is 125 Å². The summed E-state index contributed by atoms with van der Waals surface area (Å²) in [5.41, 5.74) is 7.09. The molecule has 2 aromatic carbocycles. The third-order valence-electron chi connectivity index (χ3n) is 2.58. The molecule has 0 aliphatic heterocycles. The fraction of sp³-hybridized carbons (Fsp3) is 0.0714. The first-order valence-corrected chi connectivity index (χ1v) is 6.75. The monoisotopic (exact) mass is 338 g/mol. The van der Waals surface area contributed by atoms with Crippen molar-refractivity contribution < 1.29 is 4.74 Å². The number of benzene rings is 2. The maximum absolute atomic E-state index is 7.53. The molecule has 0 aromatic heterocycles. The summed E-state index contributed by atoms with van der Waals surface area (Å²) < 4.78 is 6.50. The van der Waals surface area contributed by atoms with Gasteiger partial charge in [-0.15, -0.1) is 0 Å². The Hall–Kier alpha value is -1.52. The lowest BCUT2D eigenvalue weighted by molar-refractivity contribution is 0.304. The summed E-state index contributed by atoms with van der Waals surface area (Å²) in [6.07, 6.45) is 0. The molecule has 0 aliphatic rings. The standard InChI is InChI=1S/C14H12BrClN2O/c15-12-7-10(16)5-6-13(12)19-8-9-3-1-2-4-11(9)14(17)18/h1-7H,8H2,(H3,17,18). The first kappa shape index (κ1) is 13.9. The quantitative estimate of drug-likeness (QED) is 0.654. The van der Waals surface area contributed by atoms with Crippen LogP contribution in [0.3, 0.4) is 0 Å². The predicted octanol–water partition coefficient (Wildman–Crippen LogP) is 3.97. The molecule has 0 heterocycles. The van der Waals surface area contributed by atoms with Crippen molar-refractivity contribution in [2.75, 3.05) is 0 Å². The molecule has 0 bridgehead atoms. The van der Waals surface area contributed by atoms with E-state index in [0.29, 0.717) is 22.9 Å². The number of nitrogens with two attached hydrogens (primary N) is 1. The molecule has 2 rings (SSSR count). The van der Waals surface area contributed by atoms with Gasteiger partial charge in [0.15, 0.2) is 0 Å². The molecular formula is C14H12BrClN2O. The second-order valence-electron chi connectivity index (χ2n) is 3.93. The molecule has 98 valence electrons. The SMILES string of the molecule is N=C(N)c1ccccc1COc1ccc(Cl)cc1Br. The second kappa shape index (κ2) is 6.08. The molecule has 0 atom stereocenters. The average Bonchev–Trinajstić information content (AvgIpc) is 2.38. The maximum Gasteiger partial charge on any atom is 0.134 e. The van der Waals surface area contributed by atoms with Crippen LogP contribution in [0, 0.1) is 5.41 Å². The number of hydrogen-bond acceptors (Lipinski definition) is 2. The van der Waals surface area contributed by atoms with Gasteiger partial charge in [0.1, 0.15) is 18.2 Å². The molecule has 0 spiro atoms. The van der Waals surface area contributed by atoms with E-state index < -0.39 is 0 Å². The summed E-state index contributed by atoms with van der Waals surface area (Å²) >= 11 is 9.26. The third kappa shape index (κ3) is 3.49. The van der Waals surface area contributed by atoms with E-state index in [-0.39, 0.29) is 5.84 Å². The molecule has 0 aliphatic carbocycles. The van der Waals surface area contributed by atoms with Gasteiger partial charge in [-0.25, -0.2) is 0 Å². The van der Waals surface area contributed by atoms with E-state index in [9.17, 15) is 0 Å². The van der Waals surface area contributed by atoms with Crippen molar-refractivity contribution in [3.8, 4) is 5.75 Å². The lowest BCUT2D eigenvalue weighted by Gasteiger charge is -2.11. The van der Waals surface area contributed by atoms with Gasteiger partial charge in [0, 0.05) is 16.1 Å². The minimum absolute atomic E-state index is 0.0365. The molecule has 2 aromatic rings.